The standard InChI is InChI=1S/C22H28F4N2O2/c23-20-13-28(12-15-11-16(22(24,25)26)3-6-19(15)20)21(29)14-1-4-17(5-2-14)27-18-7-9-30-10-8-18/h3,6,11,14,17-18,20,27H,1-2,4-5,7-10,12-13H2. The molecule has 1 aromatic carbocycles. The summed E-state index contributed by atoms with van der Waals surface area (Å²) >= 11 is 0. The Bertz CT molecular complexity index is 756. The van der Waals surface area contributed by atoms with Crippen molar-refractivity contribution in [3.8, 4) is 0 Å². The Morgan fingerprint density at radius 3 is 2.37 bits per heavy atom. The molecule has 0 aromatic heterocycles. The number of nitrogens with zero attached hydrogens (tertiary/aromatic N) is 1. The number of alkyl halides is 4. The fourth-order valence-electron chi connectivity index (χ4n) is 4.92. The highest BCUT2D eigenvalue weighted by atomic mass is 19.4. The second-order valence-electron chi connectivity index (χ2n) is 8.70. The Labute approximate surface area is 173 Å². The van der Waals surface area contributed by atoms with Gasteiger partial charge in [0.15, 0.2) is 0 Å². The fraction of sp³-hybridized carbons (Fsp3) is 0.682. The number of fused-ring (bicyclic) bond motifs is 1. The van der Waals surface area contributed by atoms with Crippen molar-refractivity contribution < 1.29 is 27.1 Å². The van der Waals surface area contributed by atoms with Gasteiger partial charge >= 0.3 is 6.18 Å². The molecule has 3 aliphatic rings. The minimum absolute atomic E-state index is 0.0404. The van der Waals surface area contributed by atoms with Crippen molar-refractivity contribution in [3.05, 3.63) is 34.9 Å². The van der Waals surface area contributed by atoms with Gasteiger partial charge in [-0.25, -0.2) is 4.39 Å². The number of nitrogens with one attached hydrogen (secondary N) is 1. The van der Waals surface area contributed by atoms with Gasteiger partial charge in [0, 0.05) is 37.8 Å². The van der Waals surface area contributed by atoms with Crippen molar-refractivity contribution in [2.24, 2.45) is 5.92 Å². The second kappa shape index (κ2) is 8.83. The van der Waals surface area contributed by atoms with Gasteiger partial charge in [-0.05, 0) is 61.8 Å². The quantitative estimate of drug-likeness (QED) is 0.727. The summed E-state index contributed by atoms with van der Waals surface area (Å²) in [7, 11) is 0. The molecule has 1 saturated heterocycles. The third kappa shape index (κ3) is 4.80. The van der Waals surface area contributed by atoms with Crippen LogP contribution in [0.3, 0.4) is 0 Å². The first-order chi connectivity index (χ1) is 14.3. The van der Waals surface area contributed by atoms with Crippen LogP contribution in [0, 0.1) is 5.92 Å². The van der Waals surface area contributed by atoms with Crippen LogP contribution in [0.1, 0.15) is 61.4 Å². The average Bonchev–Trinajstić information content (AvgIpc) is 2.73. The molecule has 4 rings (SSSR count). The molecule has 1 aliphatic carbocycles. The lowest BCUT2D eigenvalue weighted by atomic mass is 9.84. The fourth-order valence-corrected chi connectivity index (χ4v) is 4.92. The maximum absolute atomic E-state index is 14.6. The molecule has 2 aliphatic heterocycles. The molecule has 166 valence electrons. The molecule has 2 fully saturated rings. The third-order valence-corrected chi connectivity index (χ3v) is 6.63. The molecule has 8 heteroatoms. The normalized spacial score (nSPS) is 28.3. The highest BCUT2D eigenvalue weighted by molar-refractivity contribution is 5.79. The maximum Gasteiger partial charge on any atom is 0.416 e. The predicted molar refractivity (Wildman–Crippen MR) is 103 cm³/mol. The number of hydrogen-bond donors (Lipinski definition) is 1. The monoisotopic (exact) mass is 428 g/mol. The molecule has 0 spiro atoms. The van der Waals surface area contributed by atoms with Gasteiger partial charge in [0.05, 0.1) is 12.1 Å². The lowest BCUT2D eigenvalue weighted by Gasteiger charge is -2.37. The van der Waals surface area contributed by atoms with Gasteiger partial charge in [0.25, 0.3) is 0 Å². The molecule has 1 unspecified atom stereocenters. The zero-order valence-electron chi connectivity index (χ0n) is 16.9. The van der Waals surface area contributed by atoms with E-state index in [2.05, 4.69) is 5.32 Å². The molecule has 1 atom stereocenters. The van der Waals surface area contributed by atoms with Crippen LogP contribution in [0.5, 0.6) is 0 Å². The second-order valence-corrected chi connectivity index (χ2v) is 8.70. The van der Waals surface area contributed by atoms with E-state index < -0.39 is 17.9 Å². The summed E-state index contributed by atoms with van der Waals surface area (Å²) in [6, 6.07) is 3.94. The Morgan fingerprint density at radius 1 is 1.03 bits per heavy atom. The lowest BCUT2D eigenvalue weighted by Crippen LogP contribution is -2.46. The smallest absolute Gasteiger partial charge is 0.381 e. The van der Waals surface area contributed by atoms with Crippen molar-refractivity contribution in [3.63, 3.8) is 0 Å². The number of carbonyl (C=O) groups excluding carboxylic acids is 1. The van der Waals surface area contributed by atoms with Crippen LogP contribution in [0.25, 0.3) is 0 Å². The van der Waals surface area contributed by atoms with Crippen molar-refractivity contribution >= 4 is 5.91 Å². The van der Waals surface area contributed by atoms with E-state index in [9.17, 15) is 22.4 Å². The van der Waals surface area contributed by atoms with E-state index in [1.54, 1.807) is 0 Å². The van der Waals surface area contributed by atoms with Crippen LogP contribution < -0.4 is 5.32 Å². The van der Waals surface area contributed by atoms with Gasteiger partial charge in [-0.3, -0.25) is 4.79 Å². The van der Waals surface area contributed by atoms with Gasteiger partial charge < -0.3 is 15.0 Å². The number of carbonyl (C=O) groups is 1. The van der Waals surface area contributed by atoms with Gasteiger partial charge in [0.1, 0.15) is 6.17 Å². The van der Waals surface area contributed by atoms with Gasteiger partial charge in [-0.15, -0.1) is 0 Å². The zero-order chi connectivity index (χ0) is 21.3. The predicted octanol–water partition coefficient (Wildman–Crippen LogP) is 4.39. The van der Waals surface area contributed by atoms with E-state index in [0.717, 1.165) is 63.9 Å². The Hall–Kier alpha value is -1.67. The molecule has 0 bridgehead atoms. The number of benzene rings is 1. The Balaban J connectivity index is 1.35. The minimum Gasteiger partial charge on any atom is -0.381 e. The summed E-state index contributed by atoms with van der Waals surface area (Å²) in [5.74, 6) is -0.317. The molecule has 1 saturated carbocycles. The van der Waals surface area contributed by atoms with Crippen LogP contribution in [0.15, 0.2) is 18.2 Å². The average molecular weight is 428 g/mol. The van der Waals surface area contributed by atoms with Crippen molar-refractivity contribution in [1.29, 1.82) is 0 Å². The first-order valence-electron chi connectivity index (χ1n) is 10.8. The largest absolute Gasteiger partial charge is 0.416 e. The van der Waals surface area contributed by atoms with Crippen LogP contribution in [-0.2, 0) is 22.3 Å². The highest BCUT2D eigenvalue weighted by Gasteiger charge is 2.36. The number of hydrogen-bond acceptors (Lipinski definition) is 3. The van der Waals surface area contributed by atoms with E-state index in [0.29, 0.717) is 12.1 Å². The topological polar surface area (TPSA) is 41.6 Å². The van der Waals surface area contributed by atoms with Crippen LogP contribution in [-0.4, -0.2) is 42.6 Å². The van der Waals surface area contributed by atoms with Crippen LogP contribution in [0.4, 0.5) is 17.6 Å². The van der Waals surface area contributed by atoms with Crippen LogP contribution >= 0.6 is 0 Å². The lowest BCUT2D eigenvalue weighted by molar-refractivity contribution is -0.138. The summed E-state index contributed by atoms with van der Waals surface area (Å²) in [5.41, 5.74) is -0.286. The van der Waals surface area contributed by atoms with E-state index >= 15 is 0 Å². The van der Waals surface area contributed by atoms with Gasteiger partial charge in [0.2, 0.25) is 5.91 Å². The number of ether oxygens (including phenoxy) is 1. The van der Waals surface area contributed by atoms with Crippen LogP contribution in [0.2, 0.25) is 0 Å². The summed E-state index contributed by atoms with van der Waals surface area (Å²) in [6.45, 7) is 1.51. The van der Waals surface area contributed by atoms with Crippen molar-refractivity contribution in [2.75, 3.05) is 19.8 Å². The van der Waals surface area contributed by atoms with Crippen molar-refractivity contribution in [2.45, 2.75) is 69.5 Å². The summed E-state index contributed by atoms with van der Waals surface area (Å²) in [5, 5.41) is 3.67. The molecule has 0 radical (unpaired) electrons. The summed E-state index contributed by atoms with van der Waals surface area (Å²) in [6.07, 6.45) is -0.709. The molecule has 4 nitrogen and oxygen atoms in total. The first kappa shape index (κ1) is 21.6. The van der Waals surface area contributed by atoms with E-state index in [1.165, 1.54) is 11.0 Å². The maximum atomic E-state index is 14.6. The molecular formula is C22H28F4N2O2. The Morgan fingerprint density at radius 2 is 1.70 bits per heavy atom. The number of rotatable bonds is 3. The summed E-state index contributed by atoms with van der Waals surface area (Å²) < 4.78 is 59.0. The number of halogens is 4. The SMILES string of the molecule is O=C(C1CCC(NC2CCOCC2)CC1)N1Cc2cc(C(F)(F)F)ccc2C(F)C1. The van der Waals surface area contributed by atoms with Gasteiger partial charge in [-0.2, -0.15) is 13.2 Å². The molecule has 1 amide bonds. The molecule has 2 heterocycles. The molecule has 30 heavy (non-hydrogen) atoms. The Kier molecular flexibility index (Phi) is 6.34. The minimum atomic E-state index is -4.48. The van der Waals surface area contributed by atoms with E-state index in [1.807, 2.05) is 0 Å². The van der Waals surface area contributed by atoms with E-state index in [4.69, 9.17) is 4.74 Å². The first-order valence-corrected chi connectivity index (χ1v) is 10.8. The zero-order valence-corrected chi connectivity index (χ0v) is 16.9. The highest BCUT2D eigenvalue weighted by Crippen LogP contribution is 2.37. The van der Waals surface area contributed by atoms with E-state index in [-0.39, 0.29) is 36.0 Å². The third-order valence-electron chi connectivity index (χ3n) is 6.63. The molecular weight excluding hydrogens is 400 g/mol. The van der Waals surface area contributed by atoms with Gasteiger partial charge in [-0.1, -0.05) is 6.07 Å². The molecule has 1 aromatic rings. The summed E-state index contributed by atoms with van der Waals surface area (Å²) in [4.78, 5) is 14.4. The van der Waals surface area contributed by atoms with Crippen molar-refractivity contribution in [1.82, 2.24) is 10.2 Å². The molecule has 1 N–H and O–H groups in total. The number of amides is 1.